The van der Waals surface area contributed by atoms with E-state index in [0.29, 0.717) is 49.1 Å². The molecule has 2 fully saturated rings. The lowest BCUT2D eigenvalue weighted by Gasteiger charge is -2.34. The second kappa shape index (κ2) is 8.90. The Bertz CT molecular complexity index is 1040. The van der Waals surface area contributed by atoms with Crippen LogP contribution in [0.5, 0.6) is 0 Å². The second-order valence-electron chi connectivity index (χ2n) is 8.69. The van der Waals surface area contributed by atoms with E-state index in [2.05, 4.69) is 21.8 Å². The van der Waals surface area contributed by atoms with Crippen LogP contribution >= 0.6 is 0 Å². The molecule has 2 aromatic heterocycles. The molecule has 2 aromatic rings. The Labute approximate surface area is 183 Å². The number of carbonyl (C=O) groups excluding carboxylic acids is 1. The first kappa shape index (κ1) is 21.7. The summed E-state index contributed by atoms with van der Waals surface area (Å²) in [5.41, 5.74) is 1.22. The lowest BCUT2D eigenvalue weighted by Crippen LogP contribution is -2.39. The zero-order valence-electron chi connectivity index (χ0n) is 18.1. The number of anilines is 1. The van der Waals surface area contributed by atoms with E-state index in [1.807, 2.05) is 4.90 Å². The maximum atomic E-state index is 12.7. The lowest BCUT2D eigenvalue weighted by molar-refractivity contribution is 0.0711. The van der Waals surface area contributed by atoms with E-state index in [1.54, 1.807) is 24.5 Å². The maximum Gasteiger partial charge on any atom is 0.253 e. The number of aromatic nitrogens is 3. The van der Waals surface area contributed by atoms with Crippen molar-refractivity contribution in [3.8, 4) is 0 Å². The van der Waals surface area contributed by atoms with Crippen molar-refractivity contribution in [2.45, 2.75) is 43.4 Å². The highest BCUT2D eigenvalue weighted by atomic mass is 32.2. The molecular formula is C22H29N5O3S. The number of rotatable bonds is 4. The van der Waals surface area contributed by atoms with Crippen molar-refractivity contribution in [1.29, 1.82) is 0 Å². The summed E-state index contributed by atoms with van der Waals surface area (Å²) in [6.07, 6.45) is 9.53. The summed E-state index contributed by atoms with van der Waals surface area (Å²) in [6.45, 7) is 5.12. The summed E-state index contributed by atoms with van der Waals surface area (Å²) in [5, 5.41) is 0. The Hall–Kier alpha value is -2.55. The zero-order valence-corrected chi connectivity index (χ0v) is 18.9. The third-order valence-electron chi connectivity index (χ3n) is 6.21. The monoisotopic (exact) mass is 443 g/mol. The molecule has 9 heteroatoms. The highest BCUT2D eigenvalue weighted by Crippen LogP contribution is 2.33. The van der Waals surface area contributed by atoms with Crippen molar-refractivity contribution in [2.75, 3.05) is 37.3 Å². The molecule has 0 aromatic carbocycles. The van der Waals surface area contributed by atoms with Gasteiger partial charge in [-0.25, -0.2) is 18.4 Å². The fourth-order valence-electron chi connectivity index (χ4n) is 4.51. The predicted molar refractivity (Wildman–Crippen MR) is 118 cm³/mol. The van der Waals surface area contributed by atoms with Gasteiger partial charge in [-0.2, -0.15) is 0 Å². The SMILES string of the molecule is C[C@@H]1CCCN(c2ncc(S(C)(=O)=O)c(C3CCN(C(=O)c4ccncc4)CC3)n2)C1. The molecule has 4 rings (SSSR count). The van der Waals surface area contributed by atoms with Gasteiger partial charge < -0.3 is 9.80 Å². The van der Waals surface area contributed by atoms with E-state index in [9.17, 15) is 13.2 Å². The van der Waals surface area contributed by atoms with E-state index >= 15 is 0 Å². The number of hydrogen-bond acceptors (Lipinski definition) is 7. The molecule has 0 spiro atoms. The number of piperidine rings is 2. The Morgan fingerprint density at radius 1 is 1.10 bits per heavy atom. The molecule has 0 bridgehead atoms. The minimum Gasteiger partial charge on any atom is -0.341 e. The minimum atomic E-state index is -3.44. The Morgan fingerprint density at radius 3 is 2.45 bits per heavy atom. The summed E-state index contributed by atoms with van der Waals surface area (Å²) in [7, 11) is -3.44. The van der Waals surface area contributed by atoms with Crippen LogP contribution in [0.2, 0.25) is 0 Å². The second-order valence-corrected chi connectivity index (χ2v) is 10.7. The topological polar surface area (TPSA) is 96.4 Å². The van der Waals surface area contributed by atoms with Crippen LogP contribution in [0.1, 0.15) is 54.6 Å². The van der Waals surface area contributed by atoms with Crippen LogP contribution in [-0.4, -0.2) is 66.6 Å². The highest BCUT2D eigenvalue weighted by Gasteiger charge is 2.30. The largest absolute Gasteiger partial charge is 0.341 e. The number of amides is 1. The number of nitrogens with zero attached hydrogens (tertiary/aromatic N) is 5. The summed E-state index contributed by atoms with van der Waals surface area (Å²) in [4.78, 5) is 30.1. The van der Waals surface area contributed by atoms with Crippen molar-refractivity contribution in [3.63, 3.8) is 0 Å². The number of pyridine rings is 1. The van der Waals surface area contributed by atoms with E-state index in [1.165, 1.54) is 18.9 Å². The molecule has 0 aliphatic carbocycles. The normalized spacial score (nSPS) is 20.6. The van der Waals surface area contributed by atoms with Gasteiger partial charge in [0.1, 0.15) is 4.90 Å². The highest BCUT2D eigenvalue weighted by molar-refractivity contribution is 7.90. The molecule has 0 unspecified atom stereocenters. The molecule has 31 heavy (non-hydrogen) atoms. The lowest BCUT2D eigenvalue weighted by atomic mass is 9.93. The van der Waals surface area contributed by atoms with Gasteiger partial charge in [-0.15, -0.1) is 0 Å². The maximum absolute atomic E-state index is 12.7. The van der Waals surface area contributed by atoms with Gasteiger partial charge in [0.15, 0.2) is 9.84 Å². The van der Waals surface area contributed by atoms with Crippen LogP contribution in [0.3, 0.4) is 0 Å². The molecule has 8 nitrogen and oxygen atoms in total. The van der Waals surface area contributed by atoms with Crippen molar-refractivity contribution in [1.82, 2.24) is 19.9 Å². The van der Waals surface area contributed by atoms with Crippen molar-refractivity contribution in [2.24, 2.45) is 5.92 Å². The third kappa shape index (κ3) is 4.87. The molecule has 0 saturated carbocycles. The van der Waals surface area contributed by atoms with Crippen LogP contribution in [-0.2, 0) is 9.84 Å². The molecular weight excluding hydrogens is 414 g/mol. The van der Waals surface area contributed by atoms with Gasteiger partial charge in [0.25, 0.3) is 5.91 Å². The summed E-state index contributed by atoms with van der Waals surface area (Å²) in [6, 6.07) is 3.43. The average molecular weight is 444 g/mol. The summed E-state index contributed by atoms with van der Waals surface area (Å²) in [5.74, 6) is 1.15. The Morgan fingerprint density at radius 2 is 1.81 bits per heavy atom. The van der Waals surface area contributed by atoms with Gasteiger partial charge in [0.2, 0.25) is 5.95 Å². The Balaban J connectivity index is 1.55. The molecule has 0 radical (unpaired) electrons. The van der Waals surface area contributed by atoms with Crippen LogP contribution in [0.25, 0.3) is 0 Å². The standard InChI is InChI=1S/C22H29N5O3S/c1-16-4-3-11-27(15-16)22-24-14-19(31(2,29)30)20(25-22)17-7-12-26(13-8-17)21(28)18-5-9-23-10-6-18/h5-6,9-10,14,16-17H,3-4,7-8,11-13,15H2,1-2H3/t16-/m1/s1. The number of sulfone groups is 1. The quantitative estimate of drug-likeness (QED) is 0.716. The van der Waals surface area contributed by atoms with E-state index in [0.717, 1.165) is 19.5 Å². The molecule has 2 aliphatic rings. The smallest absolute Gasteiger partial charge is 0.253 e. The summed E-state index contributed by atoms with van der Waals surface area (Å²) >= 11 is 0. The Kier molecular flexibility index (Phi) is 6.22. The predicted octanol–water partition coefficient (Wildman–Crippen LogP) is 2.53. The number of hydrogen-bond donors (Lipinski definition) is 0. The molecule has 2 aliphatic heterocycles. The third-order valence-corrected chi connectivity index (χ3v) is 7.32. The van der Waals surface area contributed by atoms with Gasteiger partial charge in [0, 0.05) is 56.3 Å². The van der Waals surface area contributed by atoms with Crippen molar-refractivity contribution >= 4 is 21.7 Å². The van der Waals surface area contributed by atoms with Gasteiger partial charge >= 0.3 is 0 Å². The van der Waals surface area contributed by atoms with Crippen LogP contribution in [0.4, 0.5) is 5.95 Å². The van der Waals surface area contributed by atoms with Gasteiger partial charge in [-0.1, -0.05) is 6.92 Å². The van der Waals surface area contributed by atoms with Crippen molar-refractivity contribution < 1.29 is 13.2 Å². The fraction of sp³-hybridized carbons (Fsp3) is 0.545. The zero-order chi connectivity index (χ0) is 22.0. The van der Waals surface area contributed by atoms with Gasteiger partial charge in [0.05, 0.1) is 11.9 Å². The first-order valence-corrected chi connectivity index (χ1v) is 12.7. The molecule has 4 heterocycles. The van der Waals surface area contributed by atoms with E-state index in [-0.39, 0.29) is 16.7 Å². The molecule has 2 saturated heterocycles. The van der Waals surface area contributed by atoms with Gasteiger partial charge in [-0.05, 0) is 43.7 Å². The van der Waals surface area contributed by atoms with Crippen molar-refractivity contribution in [3.05, 3.63) is 42.0 Å². The first-order chi connectivity index (χ1) is 14.8. The van der Waals surface area contributed by atoms with E-state index in [4.69, 9.17) is 4.98 Å². The van der Waals surface area contributed by atoms with Gasteiger partial charge in [-0.3, -0.25) is 9.78 Å². The average Bonchev–Trinajstić information content (AvgIpc) is 2.78. The molecule has 1 amide bonds. The number of likely N-dealkylation sites (tertiary alicyclic amines) is 1. The van der Waals surface area contributed by atoms with Crippen LogP contribution in [0.15, 0.2) is 35.6 Å². The summed E-state index contributed by atoms with van der Waals surface area (Å²) < 4.78 is 24.9. The van der Waals surface area contributed by atoms with Crippen LogP contribution in [0, 0.1) is 5.92 Å². The fourth-order valence-corrected chi connectivity index (χ4v) is 5.35. The molecule has 1 atom stereocenters. The van der Waals surface area contributed by atoms with E-state index < -0.39 is 9.84 Å². The first-order valence-electron chi connectivity index (χ1n) is 10.8. The minimum absolute atomic E-state index is 0.0184. The molecule has 166 valence electrons. The van der Waals surface area contributed by atoms with Crippen LogP contribution < -0.4 is 4.90 Å². The number of carbonyl (C=O) groups is 1. The molecule has 0 N–H and O–H groups in total.